The van der Waals surface area contributed by atoms with Gasteiger partial charge in [-0.15, -0.1) is 11.3 Å². The van der Waals surface area contributed by atoms with Crippen LogP contribution in [-0.4, -0.2) is 101 Å². The number of urea groups is 1. The van der Waals surface area contributed by atoms with Crippen LogP contribution in [0.25, 0.3) is 22.4 Å². The number of rotatable bonds is 8. The van der Waals surface area contributed by atoms with Gasteiger partial charge in [0.25, 0.3) is 5.91 Å². The van der Waals surface area contributed by atoms with Gasteiger partial charge in [-0.2, -0.15) is 4.98 Å². The summed E-state index contributed by atoms with van der Waals surface area (Å²) in [6, 6.07) is 1.37. The average molecular weight is 770 g/mol. The van der Waals surface area contributed by atoms with E-state index in [0.717, 1.165) is 17.8 Å². The van der Waals surface area contributed by atoms with Crippen LogP contribution in [0.2, 0.25) is 0 Å². The van der Waals surface area contributed by atoms with E-state index in [4.69, 9.17) is 9.47 Å². The van der Waals surface area contributed by atoms with E-state index in [1.165, 1.54) is 29.4 Å². The number of allylic oxidation sites excluding steroid dienone is 1. The van der Waals surface area contributed by atoms with E-state index in [2.05, 4.69) is 25.0 Å². The van der Waals surface area contributed by atoms with Crippen LogP contribution in [0.15, 0.2) is 29.7 Å². The molecule has 7 rings (SSSR count). The number of likely N-dealkylation sites (N-methyl/N-ethyl adjacent to an activating group) is 1. The Kier molecular flexibility index (Phi) is 9.62. The maximum atomic E-state index is 15.7. The molecule has 2 aliphatic heterocycles. The molecule has 4 aliphatic rings. The van der Waals surface area contributed by atoms with Gasteiger partial charge in [-0.1, -0.05) is 26.0 Å². The van der Waals surface area contributed by atoms with Crippen LogP contribution >= 0.6 is 11.3 Å². The summed E-state index contributed by atoms with van der Waals surface area (Å²) in [6.07, 6.45) is 6.41. The number of carbonyl (C=O) groups is 3. The van der Waals surface area contributed by atoms with E-state index in [0.29, 0.717) is 31.5 Å². The highest BCUT2D eigenvalue weighted by Gasteiger charge is 2.63. The molecule has 2 N–H and O–H groups in total. The number of fused-ring (bicyclic) bond motifs is 3. The van der Waals surface area contributed by atoms with E-state index >= 15 is 4.39 Å². The quantitative estimate of drug-likeness (QED) is 0.311. The van der Waals surface area contributed by atoms with E-state index in [1.54, 1.807) is 30.3 Å². The third kappa shape index (κ3) is 6.93. The fourth-order valence-electron chi connectivity index (χ4n) is 6.89. The summed E-state index contributed by atoms with van der Waals surface area (Å²) in [5, 5.41) is 5.75. The van der Waals surface area contributed by atoms with Gasteiger partial charge < -0.3 is 24.6 Å². The summed E-state index contributed by atoms with van der Waals surface area (Å²) >= 11 is 1.44. The molecular formula is C36H44FN7O7S2. The zero-order chi connectivity index (χ0) is 37.9. The van der Waals surface area contributed by atoms with Crippen molar-refractivity contribution in [2.75, 3.05) is 27.2 Å². The first kappa shape index (κ1) is 37.0. The summed E-state index contributed by atoms with van der Waals surface area (Å²) in [5.74, 6) is -1.90. The van der Waals surface area contributed by atoms with Crippen LogP contribution in [-0.2, 0) is 19.6 Å². The van der Waals surface area contributed by atoms with Crippen LogP contribution in [0, 0.1) is 11.7 Å². The predicted octanol–water partition coefficient (Wildman–Crippen LogP) is 4.51. The maximum Gasteiger partial charge on any atom is 0.319 e. The molecule has 3 fully saturated rings. The number of halogens is 1. The number of methoxy groups -OCH3 is 1. The average Bonchev–Trinajstić information content (AvgIpc) is 3.89. The van der Waals surface area contributed by atoms with Crippen molar-refractivity contribution < 1.29 is 36.7 Å². The van der Waals surface area contributed by atoms with Crippen LogP contribution < -0.4 is 19.5 Å². The monoisotopic (exact) mass is 769 g/mol. The van der Waals surface area contributed by atoms with Gasteiger partial charge in [0.1, 0.15) is 28.9 Å². The molecule has 3 aromatic rings. The van der Waals surface area contributed by atoms with Crippen molar-refractivity contribution in [3.63, 3.8) is 0 Å². The highest BCUT2D eigenvalue weighted by atomic mass is 32.2. The van der Waals surface area contributed by atoms with Crippen LogP contribution in [0.5, 0.6) is 11.6 Å². The summed E-state index contributed by atoms with van der Waals surface area (Å²) in [6.45, 7) is 6.01. The smallest absolute Gasteiger partial charge is 0.319 e. The highest BCUT2D eigenvalue weighted by Crippen LogP contribution is 2.47. The second-order valence-electron chi connectivity index (χ2n) is 15.0. The Labute approximate surface area is 311 Å². The first-order valence-corrected chi connectivity index (χ1v) is 20.3. The fraction of sp³-hybridized carbons (Fsp3) is 0.556. The number of nitrogens with zero attached hydrogens (tertiary/aromatic N) is 5. The molecular weight excluding hydrogens is 726 g/mol. The second-order valence-corrected chi connectivity index (χ2v) is 18.1. The van der Waals surface area contributed by atoms with Gasteiger partial charge in [0.15, 0.2) is 17.4 Å². The molecule has 4 heterocycles. The van der Waals surface area contributed by atoms with Crippen molar-refractivity contribution in [1.82, 2.24) is 34.8 Å². The molecule has 2 aromatic heterocycles. The lowest BCUT2D eigenvalue weighted by molar-refractivity contribution is -0.134. The predicted molar refractivity (Wildman–Crippen MR) is 195 cm³/mol. The number of hydrogen-bond acceptors (Lipinski definition) is 11. The number of aromatic nitrogens is 3. The summed E-state index contributed by atoms with van der Waals surface area (Å²) < 4.78 is 54.7. The number of thiazole rings is 1. The first-order valence-electron chi connectivity index (χ1n) is 17.9. The number of benzene rings is 1. The van der Waals surface area contributed by atoms with Crippen molar-refractivity contribution >= 4 is 50.1 Å². The van der Waals surface area contributed by atoms with E-state index < -0.39 is 56.1 Å². The minimum Gasteiger partial charge on any atom is -0.494 e. The Morgan fingerprint density at radius 1 is 1.17 bits per heavy atom. The zero-order valence-corrected chi connectivity index (χ0v) is 32.0. The Hall–Kier alpha value is -4.38. The molecule has 0 spiro atoms. The molecule has 4 atom stereocenters. The molecule has 284 valence electrons. The Morgan fingerprint density at radius 2 is 1.94 bits per heavy atom. The van der Waals surface area contributed by atoms with Gasteiger partial charge in [-0.25, -0.2) is 27.6 Å². The fourth-order valence-corrected chi connectivity index (χ4v) is 9.02. The Morgan fingerprint density at radius 3 is 2.64 bits per heavy atom. The second kappa shape index (κ2) is 13.8. The van der Waals surface area contributed by atoms with Gasteiger partial charge >= 0.3 is 6.03 Å². The van der Waals surface area contributed by atoms with Crippen molar-refractivity contribution in [3.05, 3.63) is 40.5 Å². The molecule has 17 heteroatoms. The third-order valence-electron chi connectivity index (χ3n) is 10.7. The first-order chi connectivity index (χ1) is 25.2. The van der Waals surface area contributed by atoms with E-state index in [1.807, 2.05) is 26.0 Å². The van der Waals surface area contributed by atoms with Gasteiger partial charge in [-0.05, 0) is 57.6 Å². The molecule has 2 saturated carbocycles. The Balaban J connectivity index is 1.21. The Bertz CT molecular complexity index is 2100. The van der Waals surface area contributed by atoms with Crippen LogP contribution in [0.3, 0.4) is 0 Å². The topological polar surface area (TPSA) is 173 Å². The zero-order valence-electron chi connectivity index (χ0n) is 30.3. The number of nitrogens with one attached hydrogen (secondary N) is 2. The number of carbonyl (C=O) groups excluding carboxylic acids is 3. The van der Waals surface area contributed by atoms with E-state index in [9.17, 15) is 22.8 Å². The van der Waals surface area contributed by atoms with Gasteiger partial charge in [-0.3, -0.25) is 14.3 Å². The van der Waals surface area contributed by atoms with Gasteiger partial charge in [0, 0.05) is 37.2 Å². The van der Waals surface area contributed by atoms with Gasteiger partial charge in [0.2, 0.25) is 21.8 Å². The van der Waals surface area contributed by atoms with Crippen LogP contribution in [0.1, 0.15) is 76.6 Å². The molecule has 1 saturated heterocycles. The minimum absolute atomic E-state index is 0.0131. The SMILES string of the molecule is COc1ccc2c(O[C@H]3C[C@H]4C(=O)N(C)CCCC/C=C\[C@@H]5C[C@@]5(C(=O)NS(=O)(=O)C5(C)CC5)NC(=O)N4C3)nc(-c3csc(C(C)C)n3)nc2c1F. The standard InChI is InChI=1S/C36H44FN7O7S2/c1-20(2)31-38-24(19-52-31)29-39-28-23(11-12-26(50-5)27(28)37)30(40-29)51-22-16-25-32(45)43(4)15-9-7-6-8-10-21-17-36(21,41-34(47)44(25)18-22)33(46)42-53(48,49)35(3)13-14-35/h8,10-12,19-22,25H,6-7,9,13-18H2,1-5H3,(H,41,47)(H,42,46)/b10-8-/t21-,22+,25+,36-/m1/s1. The summed E-state index contributed by atoms with van der Waals surface area (Å²) in [5.41, 5.74) is -1.10. The maximum absolute atomic E-state index is 15.7. The molecule has 0 radical (unpaired) electrons. The lowest BCUT2D eigenvalue weighted by atomic mass is 10.1. The summed E-state index contributed by atoms with van der Waals surface area (Å²) in [7, 11) is -0.933. The summed E-state index contributed by atoms with van der Waals surface area (Å²) in [4.78, 5) is 58.6. The largest absolute Gasteiger partial charge is 0.494 e. The number of ether oxygens (including phenoxy) is 2. The van der Waals surface area contributed by atoms with E-state index in [-0.39, 0.29) is 59.6 Å². The van der Waals surface area contributed by atoms with Crippen LogP contribution in [0.4, 0.5) is 9.18 Å². The number of amides is 4. The lowest BCUT2D eigenvalue weighted by Crippen LogP contribution is -2.58. The van der Waals surface area contributed by atoms with Crippen molar-refractivity contribution in [2.24, 2.45) is 5.92 Å². The molecule has 0 bridgehead atoms. The third-order valence-corrected chi connectivity index (χ3v) is 14.0. The molecule has 14 nitrogen and oxygen atoms in total. The van der Waals surface area contributed by atoms with Crippen molar-refractivity contribution in [2.45, 2.75) is 94.1 Å². The molecule has 0 unspecified atom stereocenters. The molecule has 1 aromatic carbocycles. The molecule has 4 amide bonds. The molecule has 2 aliphatic carbocycles. The van der Waals surface area contributed by atoms with Crippen molar-refractivity contribution in [3.8, 4) is 23.1 Å². The number of hydrogen-bond donors (Lipinski definition) is 2. The van der Waals surface area contributed by atoms with Gasteiger partial charge in [0.05, 0.1) is 28.8 Å². The minimum atomic E-state index is -3.97. The molecule has 53 heavy (non-hydrogen) atoms. The normalized spacial score (nSPS) is 26.4. The number of sulfonamides is 1. The van der Waals surface area contributed by atoms with Crippen molar-refractivity contribution in [1.29, 1.82) is 0 Å². The highest BCUT2D eigenvalue weighted by molar-refractivity contribution is 7.91. The lowest BCUT2D eigenvalue weighted by Gasteiger charge is -2.30.